The summed E-state index contributed by atoms with van der Waals surface area (Å²) >= 11 is 1.94. The van der Waals surface area contributed by atoms with Crippen molar-refractivity contribution in [3.05, 3.63) is 35.9 Å². The first-order chi connectivity index (χ1) is 10.3. The Morgan fingerprint density at radius 2 is 1.86 bits per heavy atom. The lowest BCUT2D eigenvalue weighted by molar-refractivity contribution is -0.911. The fourth-order valence-electron chi connectivity index (χ4n) is 3.10. The predicted molar refractivity (Wildman–Crippen MR) is 83.3 cm³/mol. The smallest absolute Gasteiger partial charge is 0.288 e. The van der Waals surface area contributed by atoms with E-state index >= 15 is 0 Å². The third-order valence-corrected chi connectivity index (χ3v) is 5.32. The maximum absolute atomic E-state index is 12.5. The lowest BCUT2D eigenvalue weighted by Crippen LogP contribution is -3.18. The number of hydrogen-bond donors (Lipinski definition) is 1. The van der Waals surface area contributed by atoms with Gasteiger partial charge in [0, 0.05) is 18.1 Å². The Kier molecular flexibility index (Phi) is 4.60. The highest BCUT2D eigenvalue weighted by atomic mass is 32.2. The quantitative estimate of drug-likeness (QED) is 0.796. The predicted octanol–water partition coefficient (Wildman–Crippen LogP) is -0.0117. The zero-order valence-electron chi connectivity index (χ0n) is 12.1. The Balaban J connectivity index is 1.61. The van der Waals surface area contributed by atoms with Crippen LogP contribution in [0.1, 0.15) is 12.0 Å². The average Bonchev–Trinajstić information content (AvgIpc) is 2.82. The summed E-state index contributed by atoms with van der Waals surface area (Å²) < 4.78 is 0. The Bertz CT molecular complexity index is 514. The normalized spacial score (nSPS) is 23.8. The van der Waals surface area contributed by atoms with Gasteiger partial charge in [0.2, 0.25) is 5.91 Å². The number of rotatable bonds is 4. The summed E-state index contributed by atoms with van der Waals surface area (Å²) in [6, 6.07) is 9.89. The average molecular weight is 305 g/mol. The summed E-state index contributed by atoms with van der Waals surface area (Å²) in [6.07, 6.45) is 1.14. The summed E-state index contributed by atoms with van der Waals surface area (Å²) in [6.45, 7) is 2.52. The lowest BCUT2D eigenvalue weighted by Gasteiger charge is -2.27. The van der Waals surface area contributed by atoms with Gasteiger partial charge in [0.25, 0.3) is 5.91 Å². The molecule has 0 saturated carbocycles. The minimum absolute atomic E-state index is 0.00616. The third kappa shape index (κ3) is 3.30. The van der Waals surface area contributed by atoms with Crippen molar-refractivity contribution in [1.29, 1.82) is 0 Å². The highest BCUT2D eigenvalue weighted by Gasteiger charge is 2.44. The molecule has 2 aliphatic rings. The minimum atomic E-state index is -0.130. The maximum atomic E-state index is 12.5. The summed E-state index contributed by atoms with van der Waals surface area (Å²) in [5.74, 6) is 2.23. The standard InChI is InChI=1S/C16H20N2O2S/c19-15-12-14(17-8-10-21-11-9-17)16(20)18(15)7-6-13-4-2-1-3-5-13/h1-5,14H,6-12H2/p+1. The zero-order chi connectivity index (χ0) is 14.7. The topological polar surface area (TPSA) is 41.8 Å². The number of quaternary nitrogens is 1. The van der Waals surface area contributed by atoms with Crippen molar-refractivity contribution in [2.45, 2.75) is 18.9 Å². The van der Waals surface area contributed by atoms with E-state index in [-0.39, 0.29) is 17.9 Å². The van der Waals surface area contributed by atoms with Gasteiger partial charge in [-0.2, -0.15) is 11.8 Å². The molecular weight excluding hydrogens is 284 g/mol. The highest BCUT2D eigenvalue weighted by Crippen LogP contribution is 2.13. The molecule has 0 aliphatic carbocycles. The van der Waals surface area contributed by atoms with Gasteiger partial charge in [-0.25, -0.2) is 0 Å². The molecule has 0 radical (unpaired) electrons. The van der Waals surface area contributed by atoms with Crippen molar-refractivity contribution < 1.29 is 14.5 Å². The molecule has 2 saturated heterocycles. The first-order valence-corrected chi connectivity index (χ1v) is 8.71. The van der Waals surface area contributed by atoms with E-state index in [1.807, 2.05) is 42.1 Å². The first kappa shape index (κ1) is 14.6. The van der Waals surface area contributed by atoms with E-state index in [1.54, 1.807) is 0 Å². The van der Waals surface area contributed by atoms with Crippen LogP contribution in [0.2, 0.25) is 0 Å². The zero-order valence-corrected chi connectivity index (χ0v) is 12.9. The van der Waals surface area contributed by atoms with Crippen LogP contribution in [0.25, 0.3) is 0 Å². The molecule has 2 amide bonds. The summed E-state index contributed by atoms with van der Waals surface area (Å²) in [5, 5.41) is 0. The second-order valence-electron chi connectivity index (χ2n) is 5.65. The third-order valence-electron chi connectivity index (χ3n) is 4.34. The van der Waals surface area contributed by atoms with Gasteiger partial charge < -0.3 is 4.90 Å². The fourth-order valence-corrected chi connectivity index (χ4v) is 4.12. The second kappa shape index (κ2) is 6.62. The van der Waals surface area contributed by atoms with Gasteiger partial charge in [-0.15, -0.1) is 0 Å². The molecule has 0 aromatic heterocycles. The van der Waals surface area contributed by atoms with E-state index in [2.05, 4.69) is 0 Å². The number of likely N-dealkylation sites (tertiary alicyclic amines) is 1. The number of nitrogens with zero attached hydrogens (tertiary/aromatic N) is 1. The SMILES string of the molecule is O=C1CC([NH+]2CCSCC2)C(=O)N1CCc1ccccc1. The largest absolute Gasteiger partial charge is 0.323 e. The van der Waals surface area contributed by atoms with E-state index in [4.69, 9.17) is 0 Å². The molecule has 2 aliphatic heterocycles. The Hall–Kier alpha value is -1.33. The van der Waals surface area contributed by atoms with E-state index < -0.39 is 0 Å². The Morgan fingerprint density at radius 3 is 2.57 bits per heavy atom. The van der Waals surface area contributed by atoms with Crippen LogP contribution in [0.3, 0.4) is 0 Å². The van der Waals surface area contributed by atoms with Crippen LogP contribution >= 0.6 is 11.8 Å². The number of benzene rings is 1. The summed E-state index contributed by atoms with van der Waals surface area (Å²) in [5.41, 5.74) is 1.17. The minimum Gasteiger partial charge on any atom is -0.323 e. The number of nitrogens with one attached hydrogen (secondary N) is 1. The van der Waals surface area contributed by atoms with Gasteiger partial charge in [0.05, 0.1) is 19.5 Å². The molecule has 0 spiro atoms. The number of amides is 2. The molecule has 2 fully saturated rings. The van der Waals surface area contributed by atoms with Gasteiger partial charge in [0.15, 0.2) is 6.04 Å². The molecule has 0 bridgehead atoms. The van der Waals surface area contributed by atoms with Crippen LogP contribution in [0, 0.1) is 0 Å². The molecule has 112 valence electrons. The highest BCUT2D eigenvalue weighted by molar-refractivity contribution is 7.99. The molecule has 1 aromatic carbocycles. The van der Waals surface area contributed by atoms with Crippen molar-refractivity contribution in [1.82, 2.24) is 4.90 Å². The van der Waals surface area contributed by atoms with Crippen molar-refractivity contribution in [2.75, 3.05) is 31.1 Å². The van der Waals surface area contributed by atoms with Crippen molar-refractivity contribution in [3.63, 3.8) is 0 Å². The van der Waals surface area contributed by atoms with Crippen molar-refractivity contribution in [2.24, 2.45) is 0 Å². The van der Waals surface area contributed by atoms with Crippen LogP contribution in [0.15, 0.2) is 30.3 Å². The van der Waals surface area contributed by atoms with Gasteiger partial charge in [-0.05, 0) is 12.0 Å². The molecule has 1 atom stereocenters. The number of carbonyl (C=O) groups excluding carboxylic acids is 2. The van der Waals surface area contributed by atoms with E-state index in [1.165, 1.54) is 15.4 Å². The molecule has 21 heavy (non-hydrogen) atoms. The molecule has 1 N–H and O–H groups in total. The van der Waals surface area contributed by atoms with E-state index in [0.717, 1.165) is 31.0 Å². The Labute approximate surface area is 129 Å². The first-order valence-electron chi connectivity index (χ1n) is 7.56. The Morgan fingerprint density at radius 1 is 1.14 bits per heavy atom. The molecule has 4 nitrogen and oxygen atoms in total. The van der Waals surface area contributed by atoms with E-state index in [9.17, 15) is 9.59 Å². The molecule has 3 rings (SSSR count). The number of hydrogen-bond acceptors (Lipinski definition) is 3. The molecule has 5 heteroatoms. The van der Waals surface area contributed by atoms with Crippen molar-refractivity contribution in [3.8, 4) is 0 Å². The molecular formula is C16H21N2O2S+. The van der Waals surface area contributed by atoms with Gasteiger partial charge in [-0.3, -0.25) is 14.5 Å². The van der Waals surface area contributed by atoms with Crippen molar-refractivity contribution >= 4 is 23.6 Å². The molecule has 1 aromatic rings. The number of carbonyl (C=O) groups is 2. The van der Waals surface area contributed by atoms with Crippen LogP contribution in [-0.2, 0) is 16.0 Å². The van der Waals surface area contributed by atoms with E-state index in [0.29, 0.717) is 13.0 Å². The fraction of sp³-hybridized carbons (Fsp3) is 0.500. The van der Waals surface area contributed by atoms with Gasteiger partial charge in [0.1, 0.15) is 0 Å². The number of thioether (sulfide) groups is 1. The van der Waals surface area contributed by atoms with Gasteiger partial charge >= 0.3 is 0 Å². The van der Waals surface area contributed by atoms with Crippen LogP contribution in [-0.4, -0.2) is 53.9 Å². The van der Waals surface area contributed by atoms with Crippen LogP contribution in [0.5, 0.6) is 0 Å². The number of imide groups is 1. The molecule has 1 unspecified atom stereocenters. The van der Waals surface area contributed by atoms with Crippen LogP contribution < -0.4 is 4.90 Å². The molecule has 2 heterocycles. The lowest BCUT2D eigenvalue weighted by atomic mass is 10.1. The monoisotopic (exact) mass is 305 g/mol. The summed E-state index contributed by atoms with van der Waals surface area (Å²) in [4.78, 5) is 27.4. The second-order valence-corrected chi connectivity index (χ2v) is 6.87. The van der Waals surface area contributed by atoms with Crippen LogP contribution in [0.4, 0.5) is 0 Å². The summed E-state index contributed by atoms with van der Waals surface area (Å²) in [7, 11) is 0. The maximum Gasteiger partial charge on any atom is 0.288 e. The van der Waals surface area contributed by atoms with Gasteiger partial charge in [-0.1, -0.05) is 30.3 Å².